The zero-order valence-electron chi connectivity index (χ0n) is 5.13. The summed E-state index contributed by atoms with van der Waals surface area (Å²) in [5, 5.41) is 8.30. The van der Waals surface area contributed by atoms with E-state index in [0.717, 1.165) is 5.92 Å². The van der Waals surface area contributed by atoms with Crippen LogP contribution in [0.4, 0.5) is 0 Å². The van der Waals surface area contributed by atoms with Crippen molar-refractivity contribution in [3.8, 4) is 0 Å². The summed E-state index contributed by atoms with van der Waals surface area (Å²) >= 11 is 0. The Balaban J connectivity index is 1.89. The second-order valence-corrected chi connectivity index (χ2v) is 2.35. The molecule has 0 aromatic heterocycles. The third kappa shape index (κ3) is 1.46. The van der Waals surface area contributed by atoms with Crippen molar-refractivity contribution in [2.75, 3.05) is 13.2 Å². The van der Waals surface area contributed by atoms with Crippen LogP contribution in [0.15, 0.2) is 0 Å². The first-order valence-corrected chi connectivity index (χ1v) is 3.07. The summed E-state index contributed by atoms with van der Waals surface area (Å²) in [5.74, 6) is 0.738. The van der Waals surface area contributed by atoms with Crippen LogP contribution in [0, 0.1) is 5.92 Å². The minimum Gasteiger partial charge on any atom is -0.394 e. The second-order valence-electron chi connectivity index (χ2n) is 2.35. The Morgan fingerprint density at radius 2 is 2.38 bits per heavy atom. The summed E-state index contributed by atoms with van der Waals surface area (Å²) in [5.41, 5.74) is 0. The first-order valence-electron chi connectivity index (χ1n) is 3.07. The molecular weight excluding hydrogens is 104 g/mol. The zero-order valence-corrected chi connectivity index (χ0v) is 5.13. The molecule has 2 nitrogen and oxygen atoms in total. The molecule has 2 heteroatoms. The Labute approximate surface area is 49.5 Å². The molecule has 0 unspecified atom stereocenters. The molecule has 0 spiro atoms. The predicted octanol–water partition coefficient (Wildman–Crippen LogP) is 0.404. The van der Waals surface area contributed by atoms with Gasteiger partial charge in [-0.2, -0.15) is 0 Å². The van der Waals surface area contributed by atoms with Crippen molar-refractivity contribution >= 4 is 0 Å². The average molecular weight is 116 g/mol. The second kappa shape index (κ2) is 2.46. The molecule has 0 saturated heterocycles. The Morgan fingerprint density at radius 1 is 1.75 bits per heavy atom. The van der Waals surface area contributed by atoms with Gasteiger partial charge in [-0.05, 0) is 12.3 Å². The summed E-state index contributed by atoms with van der Waals surface area (Å²) in [4.78, 5) is 0. The molecule has 1 fully saturated rings. The van der Waals surface area contributed by atoms with Gasteiger partial charge in [-0.15, -0.1) is 0 Å². The lowest BCUT2D eigenvalue weighted by molar-refractivity contribution is 0.0742. The maximum absolute atomic E-state index is 8.30. The van der Waals surface area contributed by atoms with Gasteiger partial charge in [0, 0.05) is 0 Å². The largest absolute Gasteiger partial charge is 0.394 e. The quantitative estimate of drug-likeness (QED) is 0.578. The summed E-state index contributed by atoms with van der Waals surface area (Å²) < 4.78 is 5.16. The molecule has 1 aliphatic rings. The van der Waals surface area contributed by atoms with Gasteiger partial charge in [0.1, 0.15) is 0 Å². The molecule has 0 heterocycles. The highest BCUT2D eigenvalue weighted by Crippen LogP contribution is 2.32. The number of hydrogen-bond donors (Lipinski definition) is 1. The molecule has 0 aromatic rings. The SMILES string of the molecule is C[C@@H]1C[C@@H]1OCCO. The predicted molar refractivity (Wildman–Crippen MR) is 30.6 cm³/mol. The first kappa shape index (κ1) is 6.05. The molecular formula is C6H12O2. The van der Waals surface area contributed by atoms with Crippen LogP contribution in [0.3, 0.4) is 0 Å². The van der Waals surface area contributed by atoms with E-state index in [1.807, 2.05) is 0 Å². The number of rotatable bonds is 3. The normalized spacial score (nSPS) is 35.2. The Bertz CT molecular complexity index is 72.9. The molecule has 1 aliphatic carbocycles. The number of aliphatic hydroxyl groups is 1. The number of hydrogen-bond acceptors (Lipinski definition) is 2. The van der Waals surface area contributed by atoms with E-state index in [1.54, 1.807) is 0 Å². The molecule has 0 bridgehead atoms. The van der Waals surface area contributed by atoms with E-state index in [9.17, 15) is 0 Å². The molecule has 1 saturated carbocycles. The minimum absolute atomic E-state index is 0.156. The third-order valence-corrected chi connectivity index (χ3v) is 1.46. The van der Waals surface area contributed by atoms with E-state index in [4.69, 9.17) is 9.84 Å². The van der Waals surface area contributed by atoms with Gasteiger partial charge in [0.15, 0.2) is 0 Å². The van der Waals surface area contributed by atoms with Crippen LogP contribution in [0.5, 0.6) is 0 Å². The van der Waals surface area contributed by atoms with Crippen molar-refractivity contribution in [1.29, 1.82) is 0 Å². The molecule has 1 rings (SSSR count). The standard InChI is InChI=1S/C6H12O2/c1-5-4-6(5)8-3-2-7/h5-7H,2-4H2,1H3/t5-,6+/m1/s1. The van der Waals surface area contributed by atoms with E-state index >= 15 is 0 Å². The lowest BCUT2D eigenvalue weighted by Gasteiger charge is -1.95. The molecule has 1 N–H and O–H groups in total. The molecule has 0 aromatic carbocycles. The van der Waals surface area contributed by atoms with Gasteiger partial charge in [-0.25, -0.2) is 0 Å². The van der Waals surface area contributed by atoms with Gasteiger partial charge in [0.2, 0.25) is 0 Å². The van der Waals surface area contributed by atoms with Crippen LogP contribution in [0.1, 0.15) is 13.3 Å². The molecule has 0 aliphatic heterocycles. The van der Waals surface area contributed by atoms with Crippen LogP contribution < -0.4 is 0 Å². The molecule has 48 valence electrons. The third-order valence-electron chi connectivity index (χ3n) is 1.46. The van der Waals surface area contributed by atoms with Crippen LogP contribution in [-0.4, -0.2) is 24.4 Å². The van der Waals surface area contributed by atoms with Gasteiger partial charge in [-0.1, -0.05) is 6.92 Å². The maximum atomic E-state index is 8.30. The molecule has 0 radical (unpaired) electrons. The Morgan fingerprint density at radius 3 is 2.75 bits per heavy atom. The van der Waals surface area contributed by atoms with Crippen LogP contribution >= 0.6 is 0 Å². The smallest absolute Gasteiger partial charge is 0.0701 e. The maximum Gasteiger partial charge on any atom is 0.0701 e. The zero-order chi connectivity index (χ0) is 5.98. The number of ether oxygens (including phenoxy) is 1. The van der Waals surface area contributed by atoms with E-state index < -0.39 is 0 Å². The van der Waals surface area contributed by atoms with Gasteiger partial charge >= 0.3 is 0 Å². The van der Waals surface area contributed by atoms with Crippen LogP contribution in [0.25, 0.3) is 0 Å². The van der Waals surface area contributed by atoms with Crippen molar-refractivity contribution in [3.63, 3.8) is 0 Å². The Hall–Kier alpha value is -0.0800. The lowest BCUT2D eigenvalue weighted by Crippen LogP contribution is -2.01. The highest BCUT2D eigenvalue weighted by molar-refractivity contribution is 4.83. The van der Waals surface area contributed by atoms with Gasteiger partial charge in [0.25, 0.3) is 0 Å². The fourth-order valence-electron chi connectivity index (χ4n) is 0.724. The molecule has 0 amide bonds. The van der Waals surface area contributed by atoms with Crippen molar-refractivity contribution < 1.29 is 9.84 Å². The van der Waals surface area contributed by atoms with E-state index in [-0.39, 0.29) is 6.61 Å². The fourth-order valence-corrected chi connectivity index (χ4v) is 0.724. The topological polar surface area (TPSA) is 29.5 Å². The van der Waals surface area contributed by atoms with Gasteiger partial charge in [0.05, 0.1) is 19.3 Å². The monoisotopic (exact) mass is 116 g/mol. The summed E-state index contributed by atoms with van der Waals surface area (Å²) in [6.07, 6.45) is 1.64. The van der Waals surface area contributed by atoms with Gasteiger partial charge < -0.3 is 9.84 Å². The van der Waals surface area contributed by atoms with Crippen molar-refractivity contribution in [2.24, 2.45) is 5.92 Å². The van der Waals surface area contributed by atoms with E-state index in [1.165, 1.54) is 6.42 Å². The highest BCUT2D eigenvalue weighted by Gasteiger charge is 2.33. The average Bonchev–Trinajstić information content (AvgIpc) is 2.42. The highest BCUT2D eigenvalue weighted by atomic mass is 16.5. The van der Waals surface area contributed by atoms with Crippen molar-refractivity contribution in [2.45, 2.75) is 19.4 Å². The van der Waals surface area contributed by atoms with Crippen LogP contribution in [0.2, 0.25) is 0 Å². The first-order chi connectivity index (χ1) is 3.84. The van der Waals surface area contributed by atoms with Gasteiger partial charge in [-0.3, -0.25) is 0 Å². The van der Waals surface area contributed by atoms with Crippen molar-refractivity contribution in [1.82, 2.24) is 0 Å². The fraction of sp³-hybridized carbons (Fsp3) is 1.00. The van der Waals surface area contributed by atoms with E-state index in [2.05, 4.69) is 6.92 Å². The number of aliphatic hydroxyl groups excluding tert-OH is 1. The summed E-state index contributed by atoms with van der Waals surface area (Å²) in [6, 6.07) is 0. The summed E-state index contributed by atoms with van der Waals surface area (Å²) in [7, 11) is 0. The minimum atomic E-state index is 0.156. The lowest BCUT2D eigenvalue weighted by atomic mass is 10.5. The van der Waals surface area contributed by atoms with Crippen molar-refractivity contribution in [3.05, 3.63) is 0 Å². The molecule has 8 heavy (non-hydrogen) atoms. The summed E-state index contributed by atoms with van der Waals surface area (Å²) in [6.45, 7) is 2.82. The van der Waals surface area contributed by atoms with E-state index in [0.29, 0.717) is 12.7 Å². The molecule has 2 atom stereocenters. The van der Waals surface area contributed by atoms with Crippen LogP contribution in [-0.2, 0) is 4.74 Å². The Kier molecular flexibility index (Phi) is 1.86.